The minimum absolute atomic E-state index is 0.00692. The third-order valence-electron chi connectivity index (χ3n) is 7.67. The SMILES string of the molecule is C#CC1(O)CCC2C3CCc4cc(O)c(OC)cc4C3C(OC)CC21C. The van der Waals surface area contributed by atoms with E-state index in [0.717, 1.165) is 25.7 Å². The molecule has 0 saturated heterocycles. The van der Waals surface area contributed by atoms with Crippen molar-refractivity contribution in [3.05, 3.63) is 23.3 Å². The van der Waals surface area contributed by atoms with E-state index >= 15 is 0 Å². The molecule has 0 spiro atoms. The first-order valence-electron chi connectivity index (χ1n) is 9.51. The van der Waals surface area contributed by atoms with Crippen molar-refractivity contribution in [1.29, 1.82) is 0 Å². The van der Waals surface area contributed by atoms with Gasteiger partial charge in [-0.25, -0.2) is 0 Å². The number of fused-ring (bicyclic) bond motifs is 5. The van der Waals surface area contributed by atoms with Gasteiger partial charge in [-0.2, -0.15) is 0 Å². The highest BCUT2D eigenvalue weighted by Gasteiger charge is 2.63. The molecule has 3 aliphatic rings. The van der Waals surface area contributed by atoms with Crippen LogP contribution >= 0.6 is 0 Å². The van der Waals surface area contributed by atoms with E-state index in [1.165, 1.54) is 11.1 Å². The number of hydrogen-bond acceptors (Lipinski definition) is 4. The molecule has 140 valence electrons. The zero-order chi connectivity index (χ0) is 18.7. The summed E-state index contributed by atoms with van der Waals surface area (Å²) < 4.78 is 11.3. The van der Waals surface area contributed by atoms with Gasteiger partial charge in [-0.3, -0.25) is 0 Å². The van der Waals surface area contributed by atoms with Crippen molar-refractivity contribution >= 4 is 0 Å². The number of ether oxygens (including phenoxy) is 2. The Bertz CT molecular complexity index is 766. The zero-order valence-electron chi connectivity index (χ0n) is 15.8. The molecule has 6 unspecified atom stereocenters. The molecular weight excluding hydrogens is 328 g/mol. The van der Waals surface area contributed by atoms with Gasteiger partial charge in [0.15, 0.2) is 11.5 Å². The molecule has 4 rings (SSSR count). The van der Waals surface area contributed by atoms with Gasteiger partial charge in [0.05, 0.1) is 13.2 Å². The molecule has 4 heteroatoms. The first-order chi connectivity index (χ1) is 12.4. The molecule has 0 amide bonds. The predicted octanol–water partition coefficient (Wildman–Crippen LogP) is 3.25. The Morgan fingerprint density at radius 2 is 2.04 bits per heavy atom. The number of terminal acetylenes is 1. The Morgan fingerprint density at radius 1 is 1.27 bits per heavy atom. The largest absolute Gasteiger partial charge is 0.504 e. The number of aryl methyl sites for hydroxylation is 1. The molecule has 2 fully saturated rings. The molecule has 0 bridgehead atoms. The van der Waals surface area contributed by atoms with Gasteiger partial charge in [0.1, 0.15) is 5.60 Å². The molecule has 0 heterocycles. The van der Waals surface area contributed by atoms with E-state index in [4.69, 9.17) is 15.9 Å². The number of benzene rings is 1. The zero-order valence-corrected chi connectivity index (χ0v) is 15.8. The summed E-state index contributed by atoms with van der Waals surface area (Å²) in [5.74, 6) is 4.47. The number of rotatable bonds is 2. The van der Waals surface area contributed by atoms with Gasteiger partial charge in [-0.15, -0.1) is 6.42 Å². The highest BCUT2D eigenvalue weighted by molar-refractivity contribution is 5.50. The fourth-order valence-corrected chi connectivity index (χ4v) is 6.27. The standard InChI is InChI=1S/C22H28O4/c1-5-22(24)9-8-16-14-7-6-13-10-17(23)18(25-3)11-15(13)20(14)19(26-4)12-21(16,22)2/h1,10-11,14,16,19-20,23-24H,6-9,12H2,2-4H3. The molecule has 26 heavy (non-hydrogen) atoms. The molecule has 0 aromatic heterocycles. The maximum atomic E-state index is 11.1. The van der Waals surface area contributed by atoms with Crippen LogP contribution in [0.25, 0.3) is 0 Å². The molecular formula is C22H28O4. The van der Waals surface area contributed by atoms with Gasteiger partial charge in [-0.05, 0) is 67.2 Å². The van der Waals surface area contributed by atoms with Crippen LogP contribution in [0.2, 0.25) is 0 Å². The van der Waals surface area contributed by atoms with E-state index in [-0.39, 0.29) is 23.2 Å². The van der Waals surface area contributed by atoms with Crippen LogP contribution in [0.15, 0.2) is 12.1 Å². The van der Waals surface area contributed by atoms with Crippen LogP contribution in [0.5, 0.6) is 11.5 Å². The molecule has 1 aromatic carbocycles. The summed E-state index contributed by atoms with van der Waals surface area (Å²) in [4.78, 5) is 0. The van der Waals surface area contributed by atoms with Crippen molar-refractivity contribution < 1.29 is 19.7 Å². The van der Waals surface area contributed by atoms with Gasteiger partial charge < -0.3 is 19.7 Å². The van der Waals surface area contributed by atoms with E-state index in [1.54, 1.807) is 14.2 Å². The number of aliphatic hydroxyl groups is 1. The number of phenolic OH excluding ortho intramolecular Hbond substituents is 1. The third kappa shape index (κ3) is 2.17. The second-order valence-corrected chi connectivity index (χ2v) is 8.50. The lowest BCUT2D eigenvalue weighted by atomic mass is 9.52. The minimum atomic E-state index is -1.05. The highest BCUT2D eigenvalue weighted by Crippen LogP contribution is 2.64. The Morgan fingerprint density at radius 3 is 2.69 bits per heavy atom. The number of hydrogen-bond donors (Lipinski definition) is 2. The first kappa shape index (κ1) is 17.7. The average Bonchev–Trinajstić information content (AvgIpc) is 2.91. The van der Waals surface area contributed by atoms with E-state index in [1.807, 2.05) is 12.1 Å². The molecule has 6 atom stereocenters. The van der Waals surface area contributed by atoms with Crippen molar-refractivity contribution in [2.75, 3.05) is 14.2 Å². The summed E-state index contributed by atoms with van der Waals surface area (Å²) >= 11 is 0. The van der Waals surface area contributed by atoms with Crippen molar-refractivity contribution in [3.63, 3.8) is 0 Å². The topological polar surface area (TPSA) is 58.9 Å². The van der Waals surface area contributed by atoms with Gasteiger partial charge in [-0.1, -0.05) is 12.8 Å². The maximum absolute atomic E-state index is 11.1. The lowest BCUT2D eigenvalue weighted by Crippen LogP contribution is -2.54. The monoisotopic (exact) mass is 356 g/mol. The van der Waals surface area contributed by atoms with Gasteiger partial charge in [0.2, 0.25) is 0 Å². The van der Waals surface area contributed by atoms with Crippen molar-refractivity contribution in [2.24, 2.45) is 17.3 Å². The first-order valence-corrected chi connectivity index (χ1v) is 9.51. The highest BCUT2D eigenvalue weighted by atomic mass is 16.5. The summed E-state index contributed by atoms with van der Waals surface area (Å²) in [5.41, 5.74) is 1.04. The third-order valence-corrected chi connectivity index (χ3v) is 7.67. The second-order valence-electron chi connectivity index (χ2n) is 8.50. The maximum Gasteiger partial charge on any atom is 0.160 e. The van der Waals surface area contributed by atoms with Crippen LogP contribution in [0.1, 0.15) is 49.7 Å². The Balaban J connectivity index is 1.81. The lowest BCUT2D eigenvalue weighted by molar-refractivity contribution is -0.116. The number of aromatic hydroxyl groups is 1. The number of methoxy groups -OCH3 is 2. The lowest BCUT2D eigenvalue weighted by Gasteiger charge is -2.54. The van der Waals surface area contributed by atoms with Gasteiger partial charge >= 0.3 is 0 Å². The summed E-state index contributed by atoms with van der Waals surface area (Å²) in [6.07, 6.45) is 10.1. The van der Waals surface area contributed by atoms with Crippen LogP contribution in [0.3, 0.4) is 0 Å². The Labute approximate surface area is 155 Å². The molecule has 3 aliphatic carbocycles. The molecule has 0 radical (unpaired) electrons. The van der Waals surface area contributed by atoms with Crippen LogP contribution in [-0.4, -0.2) is 36.1 Å². The molecule has 4 nitrogen and oxygen atoms in total. The fraction of sp³-hybridized carbons (Fsp3) is 0.636. The molecule has 2 saturated carbocycles. The molecule has 0 aliphatic heterocycles. The van der Waals surface area contributed by atoms with Crippen LogP contribution in [0, 0.1) is 29.6 Å². The van der Waals surface area contributed by atoms with Gasteiger partial charge in [0.25, 0.3) is 0 Å². The van der Waals surface area contributed by atoms with E-state index in [2.05, 4.69) is 12.8 Å². The van der Waals surface area contributed by atoms with Crippen LogP contribution in [-0.2, 0) is 11.2 Å². The second kappa shape index (κ2) is 5.90. The Hall–Kier alpha value is -1.70. The van der Waals surface area contributed by atoms with Crippen LogP contribution < -0.4 is 4.74 Å². The minimum Gasteiger partial charge on any atom is -0.504 e. The van der Waals surface area contributed by atoms with E-state index in [0.29, 0.717) is 24.0 Å². The molecule has 1 aromatic rings. The summed E-state index contributed by atoms with van der Waals surface area (Å²) in [6.45, 7) is 2.15. The normalized spacial score (nSPS) is 40.9. The summed E-state index contributed by atoms with van der Waals surface area (Å²) in [5, 5.41) is 21.3. The van der Waals surface area contributed by atoms with Crippen LogP contribution in [0.4, 0.5) is 0 Å². The van der Waals surface area contributed by atoms with E-state index < -0.39 is 5.60 Å². The van der Waals surface area contributed by atoms with Crippen molar-refractivity contribution in [1.82, 2.24) is 0 Å². The smallest absolute Gasteiger partial charge is 0.160 e. The predicted molar refractivity (Wildman–Crippen MR) is 99.2 cm³/mol. The fourth-order valence-electron chi connectivity index (χ4n) is 6.27. The van der Waals surface area contributed by atoms with E-state index in [9.17, 15) is 10.2 Å². The number of phenols is 1. The van der Waals surface area contributed by atoms with Crippen molar-refractivity contribution in [2.45, 2.75) is 56.7 Å². The van der Waals surface area contributed by atoms with Crippen molar-refractivity contribution in [3.8, 4) is 23.8 Å². The van der Waals surface area contributed by atoms with Gasteiger partial charge in [0, 0.05) is 18.4 Å². The average molecular weight is 356 g/mol. The Kier molecular flexibility index (Phi) is 4.02. The quantitative estimate of drug-likeness (QED) is 0.799. The summed E-state index contributed by atoms with van der Waals surface area (Å²) in [7, 11) is 3.33. The summed E-state index contributed by atoms with van der Waals surface area (Å²) in [6, 6.07) is 3.83. The molecule has 2 N–H and O–H groups in total.